The third-order valence-electron chi connectivity index (χ3n) is 6.99. The molecule has 1 aromatic heterocycles. The number of amides is 2. The summed E-state index contributed by atoms with van der Waals surface area (Å²) in [4.78, 5) is 28.4. The average molecular weight is 573 g/mol. The van der Waals surface area contributed by atoms with Gasteiger partial charge in [-0.05, 0) is 42.7 Å². The summed E-state index contributed by atoms with van der Waals surface area (Å²) in [5, 5.41) is 7.44. The van der Waals surface area contributed by atoms with Crippen molar-refractivity contribution in [1.82, 2.24) is 15.1 Å². The SMILES string of the molecule is COc1ccc(-n2nc(-c3ccccc3)c3c2N(CC(=O)NCCC(C)C)C(=O)CSC3c2ccccc2F)cc1. The Kier molecular flexibility index (Phi) is 8.73. The van der Waals surface area contributed by atoms with Crippen LogP contribution in [0.3, 0.4) is 0 Å². The molecular formula is C32H33FN4O3S. The minimum atomic E-state index is -0.536. The average Bonchev–Trinajstić information content (AvgIpc) is 3.31. The van der Waals surface area contributed by atoms with Gasteiger partial charge in [0.15, 0.2) is 0 Å². The van der Waals surface area contributed by atoms with Crippen molar-refractivity contribution >= 4 is 29.4 Å². The van der Waals surface area contributed by atoms with Gasteiger partial charge >= 0.3 is 0 Å². The van der Waals surface area contributed by atoms with Gasteiger partial charge in [0.1, 0.15) is 23.9 Å². The molecule has 9 heteroatoms. The van der Waals surface area contributed by atoms with E-state index in [1.165, 1.54) is 22.7 Å². The molecule has 3 aromatic carbocycles. The largest absolute Gasteiger partial charge is 0.497 e. The first kappa shape index (κ1) is 28.4. The van der Waals surface area contributed by atoms with Crippen molar-refractivity contribution in [3.05, 3.63) is 95.8 Å². The number of halogens is 1. The number of nitrogens with zero attached hydrogens (tertiary/aromatic N) is 3. The van der Waals surface area contributed by atoms with Gasteiger partial charge in [-0.2, -0.15) is 5.10 Å². The number of methoxy groups -OCH3 is 1. The highest BCUT2D eigenvalue weighted by atomic mass is 32.2. The zero-order valence-corrected chi connectivity index (χ0v) is 24.2. The molecule has 212 valence electrons. The number of carbonyl (C=O) groups excluding carboxylic acids is 2. The fourth-order valence-corrected chi connectivity index (χ4v) is 6.08. The predicted molar refractivity (Wildman–Crippen MR) is 161 cm³/mol. The summed E-state index contributed by atoms with van der Waals surface area (Å²) in [6.07, 6.45) is 0.831. The van der Waals surface area contributed by atoms with Crippen LogP contribution in [0.2, 0.25) is 0 Å². The molecule has 1 aliphatic rings. The summed E-state index contributed by atoms with van der Waals surface area (Å²) in [5.41, 5.74) is 3.27. The third-order valence-corrected chi connectivity index (χ3v) is 8.22. The number of nitrogens with one attached hydrogen (secondary N) is 1. The maximum atomic E-state index is 15.3. The molecule has 0 saturated heterocycles. The second kappa shape index (κ2) is 12.6. The van der Waals surface area contributed by atoms with Crippen LogP contribution in [0.25, 0.3) is 16.9 Å². The zero-order valence-electron chi connectivity index (χ0n) is 23.3. The topological polar surface area (TPSA) is 76.5 Å². The number of aromatic nitrogens is 2. The maximum absolute atomic E-state index is 15.3. The van der Waals surface area contributed by atoms with Crippen LogP contribution in [0.5, 0.6) is 5.75 Å². The lowest BCUT2D eigenvalue weighted by Crippen LogP contribution is -2.42. The normalized spacial score (nSPS) is 15.0. The van der Waals surface area contributed by atoms with E-state index in [9.17, 15) is 9.59 Å². The van der Waals surface area contributed by atoms with Gasteiger partial charge in [-0.1, -0.05) is 62.4 Å². The van der Waals surface area contributed by atoms with Crippen molar-refractivity contribution in [2.45, 2.75) is 25.5 Å². The molecule has 0 spiro atoms. The molecule has 0 radical (unpaired) electrons. The Morgan fingerprint density at radius 3 is 2.46 bits per heavy atom. The van der Waals surface area contributed by atoms with Gasteiger partial charge in [0.05, 0.1) is 29.5 Å². The molecule has 0 bridgehead atoms. The number of benzene rings is 3. The summed E-state index contributed by atoms with van der Waals surface area (Å²) in [7, 11) is 1.59. The number of carbonyl (C=O) groups is 2. The summed E-state index contributed by atoms with van der Waals surface area (Å²) in [6.45, 7) is 4.53. The van der Waals surface area contributed by atoms with E-state index in [1.807, 2.05) is 54.6 Å². The van der Waals surface area contributed by atoms with E-state index < -0.39 is 5.25 Å². The highest BCUT2D eigenvalue weighted by Gasteiger charge is 2.38. The van der Waals surface area contributed by atoms with Gasteiger partial charge < -0.3 is 10.1 Å². The van der Waals surface area contributed by atoms with Gasteiger partial charge in [-0.3, -0.25) is 14.5 Å². The number of fused-ring (bicyclic) bond motifs is 1. The zero-order chi connectivity index (χ0) is 28.9. The monoisotopic (exact) mass is 572 g/mol. The van der Waals surface area contributed by atoms with E-state index in [-0.39, 0.29) is 29.9 Å². The molecule has 0 saturated carbocycles. The second-order valence-corrected chi connectivity index (χ2v) is 11.4. The Balaban J connectivity index is 1.73. The van der Waals surface area contributed by atoms with Crippen LogP contribution in [0.15, 0.2) is 78.9 Å². The molecule has 0 fully saturated rings. The molecule has 2 heterocycles. The number of thioether (sulfide) groups is 1. The minimum Gasteiger partial charge on any atom is -0.497 e. The van der Waals surface area contributed by atoms with Crippen LogP contribution in [0.4, 0.5) is 10.2 Å². The number of ether oxygens (including phenoxy) is 1. The summed E-state index contributed by atoms with van der Waals surface area (Å²) < 4.78 is 22.4. The van der Waals surface area contributed by atoms with Gasteiger partial charge in [0.25, 0.3) is 0 Å². The Hall–Kier alpha value is -4.11. The summed E-state index contributed by atoms with van der Waals surface area (Å²) >= 11 is 1.34. The van der Waals surface area contributed by atoms with Gasteiger partial charge in [-0.15, -0.1) is 11.8 Å². The molecule has 2 amide bonds. The van der Waals surface area contributed by atoms with Crippen LogP contribution in [-0.4, -0.2) is 47.5 Å². The first-order valence-electron chi connectivity index (χ1n) is 13.6. The highest BCUT2D eigenvalue weighted by molar-refractivity contribution is 8.00. The Morgan fingerprint density at radius 2 is 1.78 bits per heavy atom. The first-order chi connectivity index (χ1) is 19.9. The lowest BCUT2D eigenvalue weighted by Gasteiger charge is -2.23. The van der Waals surface area contributed by atoms with Crippen LogP contribution < -0.4 is 15.0 Å². The molecule has 1 atom stereocenters. The summed E-state index contributed by atoms with van der Waals surface area (Å²) in [6, 6.07) is 23.6. The predicted octanol–water partition coefficient (Wildman–Crippen LogP) is 6.02. The van der Waals surface area contributed by atoms with E-state index in [0.717, 1.165) is 12.0 Å². The van der Waals surface area contributed by atoms with Crippen LogP contribution in [-0.2, 0) is 9.59 Å². The van der Waals surface area contributed by atoms with Crippen molar-refractivity contribution in [3.8, 4) is 22.7 Å². The molecule has 7 nitrogen and oxygen atoms in total. The Bertz CT molecular complexity index is 1520. The Labute approximate surface area is 243 Å². The smallest absolute Gasteiger partial charge is 0.240 e. The first-order valence-corrected chi connectivity index (χ1v) is 14.7. The highest BCUT2D eigenvalue weighted by Crippen LogP contribution is 2.49. The van der Waals surface area contributed by atoms with Crippen LogP contribution in [0, 0.1) is 11.7 Å². The second-order valence-electron chi connectivity index (χ2n) is 10.3. The fourth-order valence-electron chi connectivity index (χ4n) is 4.86. The molecular weight excluding hydrogens is 539 g/mol. The van der Waals surface area contributed by atoms with Crippen molar-refractivity contribution in [2.75, 3.05) is 30.9 Å². The van der Waals surface area contributed by atoms with Gasteiger partial charge in [0, 0.05) is 23.2 Å². The van der Waals surface area contributed by atoms with Crippen LogP contribution >= 0.6 is 11.8 Å². The van der Waals surface area contributed by atoms with Gasteiger partial charge in [0.2, 0.25) is 11.8 Å². The van der Waals surface area contributed by atoms with Crippen molar-refractivity contribution in [3.63, 3.8) is 0 Å². The Morgan fingerprint density at radius 1 is 1.07 bits per heavy atom. The lowest BCUT2D eigenvalue weighted by molar-refractivity contribution is -0.122. The lowest BCUT2D eigenvalue weighted by atomic mass is 9.99. The molecule has 5 rings (SSSR count). The van der Waals surface area contributed by atoms with E-state index in [1.54, 1.807) is 30.0 Å². The molecule has 4 aromatic rings. The van der Waals surface area contributed by atoms with Crippen molar-refractivity contribution in [2.24, 2.45) is 5.92 Å². The number of hydrogen-bond acceptors (Lipinski definition) is 5. The molecule has 1 aliphatic heterocycles. The van der Waals surface area contributed by atoms with E-state index in [4.69, 9.17) is 9.84 Å². The van der Waals surface area contributed by atoms with E-state index in [2.05, 4.69) is 19.2 Å². The van der Waals surface area contributed by atoms with E-state index in [0.29, 0.717) is 46.5 Å². The van der Waals surface area contributed by atoms with Crippen molar-refractivity contribution < 1.29 is 18.7 Å². The standard InChI is InChI=1S/C32H33FN4O3S/c1-21(2)17-18-34-27(38)19-36-28(39)20-41-31(25-11-7-8-12-26(25)33)29-30(22-9-5-4-6-10-22)35-37(32(29)36)23-13-15-24(40-3)16-14-23/h4-16,21,31H,17-20H2,1-3H3,(H,34,38). The fraction of sp³-hybridized carbons (Fsp3) is 0.281. The number of anilines is 1. The molecule has 0 aliphatic carbocycles. The quantitative estimate of drug-likeness (QED) is 0.266. The molecule has 1 unspecified atom stereocenters. The number of hydrogen-bond donors (Lipinski definition) is 1. The van der Waals surface area contributed by atoms with Gasteiger partial charge in [-0.25, -0.2) is 9.07 Å². The molecule has 1 N–H and O–H groups in total. The van der Waals surface area contributed by atoms with E-state index >= 15 is 4.39 Å². The number of rotatable bonds is 9. The minimum absolute atomic E-state index is 0.0732. The third kappa shape index (κ3) is 6.15. The molecule has 41 heavy (non-hydrogen) atoms. The van der Waals surface area contributed by atoms with Crippen LogP contribution in [0.1, 0.15) is 36.6 Å². The maximum Gasteiger partial charge on any atom is 0.240 e. The summed E-state index contributed by atoms with van der Waals surface area (Å²) in [5.74, 6) is 0.767. The van der Waals surface area contributed by atoms with Crippen molar-refractivity contribution in [1.29, 1.82) is 0 Å².